The first-order chi connectivity index (χ1) is 7.94. The van der Waals surface area contributed by atoms with Gasteiger partial charge in [0.05, 0.1) is 0 Å². The van der Waals surface area contributed by atoms with Gasteiger partial charge in [0, 0.05) is 19.3 Å². The maximum Gasteiger partial charge on any atom is 0.0490 e. The van der Waals surface area contributed by atoms with Crippen molar-refractivity contribution in [3.63, 3.8) is 0 Å². The zero-order valence-electron chi connectivity index (χ0n) is 12.4. The summed E-state index contributed by atoms with van der Waals surface area (Å²) >= 11 is 0. The second-order valence-corrected chi connectivity index (χ2v) is 6.77. The van der Waals surface area contributed by atoms with Crippen molar-refractivity contribution < 1.29 is 4.74 Å². The van der Waals surface area contributed by atoms with E-state index in [-0.39, 0.29) is 5.54 Å². The Balaban J connectivity index is 2.47. The van der Waals surface area contributed by atoms with Crippen molar-refractivity contribution in [1.29, 1.82) is 0 Å². The predicted octanol–water partition coefficient (Wildman–Crippen LogP) is 3.46. The molecule has 0 aromatic rings. The number of nitrogens with one attached hydrogen (secondary N) is 1. The molecule has 3 atom stereocenters. The fourth-order valence-electron chi connectivity index (χ4n) is 3.06. The van der Waals surface area contributed by atoms with Crippen molar-refractivity contribution in [2.75, 3.05) is 20.3 Å². The van der Waals surface area contributed by atoms with Gasteiger partial charge in [-0.1, -0.05) is 19.8 Å². The molecule has 1 aliphatic rings. The third-order valence-corrected chi connectivity index (χ3v) is 4.02. The monoisotopic (exact) mass is 241 g/mol. The molecule has 1 rings (SSSR count). The standard InChI is InChI=1S/C15H31NO/c1-12(11-17-5)14-9-7-6-8-13(14)10-16-15(2,3)4/h12-14,16H,6-11H2,1-5H3. The van der Waals surface area contributed by atoms with E-state index in [4.69, 9.17) is 4.74 Å². The fourth-order valence-corrected chi connectivity index (χ4v) is 3.06. The highest BCUT2D eigenvalue weighted by molar-refractivity contribution is 4.83. The van der Waals surface area contributed by atoms with Crippen molar-refractivity contribution in [3.8, 4) is 0 Å². The molecule has 102 valence electrons. The Labute approximate surface area is 108 Å². The van der Waals surface area contributed by atoms with Crippen LogP contribution in [0.5, 0.6) is 0 Å². The van der Waals surface area contributed by atoms with Gasteiger partial charge < -0.3 is 10.1 Å². The van der Waals surface area contributed by atoms with Crippen LogP contribution in [-0.4, -0.2) is 25.8 Å². The molecule has 0 bridgehead atoms. The summed E-state index contributed by atoms with van der Waals surface area (Å²) in [7, 11) is 1.82. The van der Waals surface area contributed by atoms with Crippen molar-refractivity contribution in [3.05, 3.63) is 0 Å². The Hall–Kier alpha value is -0.0800. The highest BCUT2D eigenvalue weighted by Gasteiger charge is 2.29. The third-order valence-electron chi connectivity index (χ3n) is 4.02. The van der Waals surface area contributed by atoms with Crippen LogP contribution < -0.4 is 5.32 Å². The molecular formula is C15H31NO. The fraction of sp³-hybridized carbons (Fsp3) is 1.00. The Morgan fingerprint density at radius 2 is 1.88 bits per heavy atom. The number of hydrogen-bond donors (Lipinski definition) is 1. The third kappa shape index (κ3) is 5.39. The first-order valence-corrected chi connectivity index (χ1v) is 7.18. The lowest BCUT2D eigenvalue weighted by molar-refractivity contribution is 0.0811. The summed E-state index contributed by atoms with van der Waals surface area (Å²) in [6.45, 7) is 11.2. The minimum absolute atomic E-state index is 0.243. The smallest absolute Gasteiger partial charge is 0.0490 e. The molecule has 0 aromatic heterocycles. The lowest BCUT2D eigenvalue weighted by Crippen LogP contribution is -2.42. The molecular weight excluding hydrogens is 210 g/mol. The van der Waals surface area contributed by atoms with Crippen molar-refractivity contribution in [2.45, 2.75) is 58.9 Å². The molecule has 17 heavy (non-hydrogen) atoms. The SMILES string of the molecule is COCC(C)C1CCCCC1CNC(C)(C)C. The number of ether oxygens (including phenoxy) is 1. The van der Waals surface area contributed by atoms with E-state index in [1.54, 1.807) is 0 Å². The maximum atomic E-state index is 5.33. The van der Waals surface area contributed by atoms with Gasteiger partial charge in [0.2, 0.25) is 0 Å². The lowest BCUT2D eigenvalue weighted by atomic mass is 9.73. The van der Waals surface area contributed by atoms with Gasteiger partial charge >= 0.3 is 0 Å². The van der Waals surface area contributed by atoms with Gasteiger partial charge in [0.15, 0.2) is 0 Å². The molecule has 1 aliphatic carbocycles. The summed E-state index contributed by atoms with van der Waals surface area (Å²) in [5.41, 5.74) is 0.243. The molecule has 2 heteroatoms. The van der Waals surface area contributed by atoms with Crippen molar-refractivity contribution in [1.82, 2.24) is 5.32 Å². The second-order valence-electron chi connectivity index (χ2n) is 6.77. The normalized spacial score (nSPS) is 28.1. The van der Waals surface area contributed by atoms with E-state index in [2.05, 4.69) is 33.0 Å². The highest BCUT2D eigenvalue weighted by Crippen LogP contribution is 2.35. The second kappa shape index (κ2) is 6.75. The van der Waals surface area contributed by atoms with Crippen LogP contribution in [-0.2, 0) is 4.74 Å². The average Bonchev–Trinajstić information content (AvgIpc) is 2.26. The van der Waals surface area contributed by atoms with E-state index >= 15 is 0 Å². The largest absolute Gasteiger partial charge is 0.384 e. The van der Waals surface area contributed by atoms with Crippen LogP contribution in [0.2, 0.25) is 0 Å². The Morgan fingerprint density at radius 1 is 1.24 bits per heavy atom. The van der Waals surface area contributed by atoms with E-state index < -0.39 is 0 Å². The Kier molecular flexibility index (Phi) is 5.94. The number of hydrogen-bond acceptors (Lipinski definition) is 2. The molecule has 0 heterocycles. The Morgan fingerprint density at radius 3 is 2.47 bits per heavy atom. The van der Waals surface area contributed by atoms with Gasteiger partial charge in [-0.05, 0) is 57.9 Å². The molecule has 0 radical (unpaired) electrons. The van der Waals surface area contributed by atoms with E-state index in [1.165, 1.54) is 32.2 Å². The zero-order valence-corrected chi connectivity index (χ0v) is 12.4. The van der Waals surface area contributed by atoms with Crippen LogP contribution in [0.4, 0.5) is 0 Å². The average molecular weight is 241 g/mol. The molecule has 0 saturated heterocycles. The van der Waals surface area contributed by atoms with Crippen molar-refractivity contribution in [2.24, 2.45) is 17.8 Å². The van der Waals surface area contributed by atoms with E-state index in [0.717, 1.165) is 18.4 Å². The van der Waals surface area contributed by atoms with Gasteiger partial charge in [0.1, 0.15) is 0 Å². The quantitative estimate of drug-likeness (QED) is 0.796. The van der Waals surface area contributed by atoms with Gasteiger partial charge in [-0.3, -0.25) is 0 Å². The first-order valence-electron chi connectivity index (χ1n) is 7.18. The zero-order chi connectivity index (χ0) is 12.9. The summed E-state index contributed by atoms with van der Waals surface area (Å²) in [6, 6.07) is 0. The van der Waals surface area contributed by atoms with E-state index in [1.807, 2.05) is 7.11 Å². The molecule has 1 fully saturated rings. The highest BCUT2D eigenvalue weighted by atomic mass is 16.5. The molecule has 0 amide bonds. The molecule has 3 unspecified atom stereocenters. The Bertz CT molecular complexity index is 209. The maximum absolute atomic E-state index is 5.33. The first kappa shape index (κ1) is 15.0. The van der Waals surface area contributed by atoms with Crippen LogP contribution >= 0.6 is 0 Å². The minimum atomic E-state index is 0.243. The minimum Gasteiger partial charge on any atom is -0.384 e. The summed E-state index contributed by atoms with van der Waals surface area (Å²) in [5.74, 6) is 2.39. The van der Waals surface area contributed by atoms with Gasteiger partial charge in [-0.25, -0.2) is 0 Å². The van der Waals surface area contributed by atoms with Crippen LogP contribution in [0.1, 0.15) is 53.4 Å². The molecule has 0 aromatic carbocycles. The van der Waals surface area contributed by atoms with Crippen molar-refractivity contribution >= 4 is 0 Å². The predicted molar refractivity (Wildman–Crippen MR) is 74.2 cm³/mol. The summed E-state index contributed by atoms with van der Waals surface area (Å²) in [4.78, 5) is 0. The van der Waals surface area contributed by atoms with Gasteiger partial charge in [-0.2, -0.15) is 0 Å². The van der Waals surface area contributed by atoms with Crippen LogP contribution in [0.25, 0.3) is 0 Å². The van der Waals surface area contributed by atoms with E-state index in [9.17, 15) is 0 Å². The van der Waals surface area contributed by atoms with Crippen LogP contribution in [0.3, 0.4) is 0 Å². The molecule has 2 nitrogen and oxygen atoms in total. The molecule has 1 N–H and O–H groups in total. The topological polar surface area (TPSA) is 21.3 Å². The number of rotatable bonds is 5. The van der Waals surface area contributed by atoms with Gasteiger partial charge in [0.25, 0.3) is 0 Å². The molecule has 0 spiro atoms. The lowest BCUT2D eigenvalue weighted by Gasteiger charge is -2.37. The number of methoxy groups -OCH3 is 1. The summed E-state index contributed by atoms with van der Waals surface area (Å²) in [6.07, 6.45) is 5.60. The molecule has 1 saturated carbocycles. The van der Waals surface area contributed by atoms with Gasteiger partial charge in [-0.15, -0.1) is 0 Å². The van der Waals surface area contributed by atoms with Crippen LogP contribution in [0.15, 0.2) is 0 Å². The summed E-state index contributed by atoms with van der Waals surface area (Å²) in [5, 5.41) is 3.68. The van der Waals surface area contributed by atoms with Crippen LogP contribution in [0, 0.1) is 17.8 Å². The van der Waals surface area contributed by atoms with E-state index in [0.29, 0.717) is 5.92 Å². The summed E-state index contributed by atoms with van der Waals surface area (Å²) < 4.78 is 5.33. The molecule has 0 aliphatic heterocycles.